The van der Waals surface area contributed by atoms with Gasteiger partial charge in [-0.15, -0.1) is 10.2 Å². The SMILES string of the molecule is CCOC(=O)C(C)S(=O)(=O)c1nnc(N(C)C(=O)NC)s1. The highest BCUT2D eigenvalue weighted by atomic mass is 32.2. The summed E-state index contributed by atoms with van der Waals surface area (Å²) in [5, 5.41) is 8.27. The zero-order valence-corrected chi connectivity index (χ0v) is 13.6. The maximum atomic E-state index is 12.2. The molecule has 11 heteroatoms. The Hall–Kier alpha value is -1.75. The van der Waals surface area contributed by atoms with E-state index in [0.717, 1.165) is 4.90 Å². The molecule has 0 saturated carbocycles. The smallest absolute Gasteiger partial charge is 0.324 e. The van der Waals surface area contributed by atoms with Crippen molar-refractivity contribution in [1.82, 2.24) is 15.5 Å². The first-order valence-electron chi connectivity index (χ1n) is 5.95. The summed E-state index contributed by atoms with van der Waals surface area (Å²) in [5.74, 6) is -0.853. The first-order valence-corrected chi connectivity index (χ1v) is 8.31. The Balaban J connectivity index is 3.03. The monoisotopic (exact) mass is 336 g/mol. The van der Waals surface area contributed by atoms with Crippen molar-refractivity contribution in [2.75, 3.05) is 25.6 Å². The van der Waals surface area contributed by atoms with Crippen LogP contribution in [0.15, 0.2) is 4.34 Å². The van der Waals surface area contributed by atoms with Crippen molar-refractivity contribution in [3.63, 3.8) is 0 Å². The second-order valence-corrected chi connectivity index (χ2v) is 7.30. The van der Waals surface area contributed by atoms with Gasteiger partial charge in [0.25, 0.3) is 0 Å². The van der Waals surface area contributed by atoms with Crippen LogP contribution in [0, 0.1) is 0 Å². The molecule has 1 rings (SSSR count). The minimum atomic E-state index is -3.99. The average molecular weight is 336 g/mol. The number of esters is 1. The van der Waals surface area contributed by atoms with Gasteiger partial charge in [-0.2, -0.15) is 0 Å². The number of amides is 2. The van der Waals surface area contributed by atoms with E-state index in [9.17, 15) is 18.0 Å². The number of urea groups is 1. The van der Waals surface area contributed by atoms with Crippen LogP contribution in [0.5, 0.6) is 0 Å². The van der Waals surface area contributed by atoms with Crippen LogP contribution in [0.1, 0.15) is 13.8 Å². The maximum Gasteiger partial charge on any atom is 0.324 e. The van der Waals surface area contributed by atoms with Gasteiger partial charge >= 0.3 is 12.0 Å². The van der Waals surface area contributed by atoms with Crippen molar-refractivity contribution in [2.24, 2.45) is 0 Å². The highest BCUT2D eigenvalue weighted by molar-refractivity contribution is 7.94. The van der Waals surface area contributed by atoms with Crippen molar-refractivity contribution < 1.29 is 22.7 Å². The summed E-state index contributed by atoms with van der Waals surface area (Å²) in [7, 11) is -1.14. The third-order valence-electron chi connectivity index (χ3n) is 2.53. The van der Waals surface area contributed by atoms with Crippen molar-refractivity contribution >= 4 is 38.3 Å². The van der Waals surface area contributed by atoms with Crippen molar-refractivity contribution in [1.29, 1.82) is 0 Å². The van der Waals surface area contributed by atoms with Crippen LogP contribution in [0.2, 0.25) is 0 Å². The van der Waals surface area contributed by atoms with Gasteiger partial charge in [0.15, 0.2) is 5.25 Å². The normalized spacial score (nSPS) is 12.6. The lowest BCUT2D eigenvalue weighted by Gasteiger charge is -2.11. The first kappa shape index (κ1) is 17.3. The molecule has 0 fully saturated rings. The van der Waals surface area contributed by atoms with Crippen molar-refractivity contribution in [2.45, 2.75) is 23.4 Å². The van der Waals surface area contributed by atoms with Gasteiger partial charge in [-0.05, 0) is 13.8 Å². The Morgan fingerprint density at radius 3 is 2.57 bits per heavy atom. The average Bonchev–Trinajstić information content (AvgIpc) is 2.95. The summed E-state index contributed by atoms with van der Waals surface area (Å²) in [4.78, 5) is 24.1. The number of ether oxygens (including phenoxy) is 1. The fraction of sp³-hybridized carbons (Fsp3) is 0.600. The van der Waals surface area contributed by atoms with Gasteiger partial charge in [-0.25, -0.2) is 13.2 Å². The van der Waals surface area contributed by atoms with Gasteiger partial charge < -0.3 is 10.1 Å². The number of nitrogens with one attached hydrogen (secondary N) is 1. The van der Waals surface area contributed by atoms with Crippen molar-refractivity contribution in [3.8, 4) is 0 Å². The van der Waals surface area contributed by atoms with E-state index in [2.05, 4.69) is 20.3 Å². The van der Waals surface area contributed by atoms with Crippen LogP contribution in [-0.2, 0) is 19.4 Å². The third kappa shape index (κ3) is 3.67. The van der Waals surface area contributed by atoms with E-state index in [-0.39, 0.29) is 16.1 Å². The molecule has 118 valence electrons. The number of sulfone groups is 1. The van der Waals surface area contributed by atoms with E-state index in [0.29, 0.717) is 11.3 Å². The summed E-state index contributed by atoms with van der Waals surface area (Å²) < 4.78 is 28.8. The molecule has 0 aliphatic heterocycles. The molecule has 0 saturated heterocycles. The third-order valence-corrected chi connectivity index (χ3v) is 5.96. The van der Waals surface area contributed by atoms with E-state index >= 15 is 0 Å². The molecule has 1 heterocycles. The number of carbonyl (C=O) groups excluding carboxylic acids is 2. The maximum absolute atomic E-state index is 12.2. The van der Waals surface area contributed by atoms with Crippen LogP contribution in [0.4, 0.5) is 9.93 Å². The molecule has 0 aliphatic rings. The van der Waals surface area contributed by atoms with Crippen molar-refractivity contribution in [3.05, 3.63) is 0 Å². The second-order valence-electron chi connectivity index (χ2n) is 3.90. The lowest BCUT2D eigenvalue weighted by atomic mass is 10.5. The lowest BCUT2D eigenvalue weighted by Crippen LogP contribution is -2.34. The predicted octanol–water partition coefficient (Wildman–Crippen LogP) is 0.0390. The number of rotatable bonds is 5. The molecule has 1 unspecified atom stereocenters. The zero-order valence-electron chi connectivity index (χ0n) is 12.0. The molecule has 1 aromatic rings. The Morgan fingerprint density at radius 2 is 2.05 bits per heavy atom. The second kappa shape index (κ2) is 6.80. The lowest BCUT2D eigenvalue weighted by molar-refractivity contribution is -0.142. The number of carbonyl (C=O) groups is 2. The van der Waals surface area contributed by atoms with Gasteiger partial charge in [-0.3, -0.25) is 9.69 Å². The molecule has 0 bridgehead atoms. The van der Waals surface area contributed by atoms with E-state index in [4.69, 9.17) is 0 Å². The van der Waals surface area contributed by atoms with E-state index < -0.39 is 27.1 Å². The van der Waals surface area contributed by atoms with Crippen LogP contribution >= 0.6 is 11.3 Å². The van der Waals surface area contributed by atoms with E-state index in [1.807, 2.05) is 0 Å². The quantitative estimate of drug-likeness (QED) is 0.595. The topological polar surface area (TPSA) is 119 Å². The molecule has 1 atom stereocenters. The predicted molar refractivity (Wildman–Crippen MR) is 76.0 cm³/mol. The minimum absolute atomic E-state index is 0.0828. The fourth-order valence-electron chi connectivity index (χ4n) is 1.25. The van der Waals surface area contributed by atoms with E-state index in [1.165, 1.54) is 21.0 Å². The Kier molecular flexibility index (Phi) is 5.61. The van der Waals surface area contributed by atoms with E-state index in [1.54, 1.807) is 6.92 Å². The van der Waals surface area contributed by atoms with Gasteiger partial charge in [0.2, 0.25) is 19.3 Å². The summed E-state index contributed by atoms with van der Waals surface area (Å²) in [6.07, 6.45) is 0. The first-order chi connectivity index (χ1) is 9.75. The number of nitrogens with zero attached hydrogens (tertiary/aromatic N) is 3. The Bertz CT molecular complexity index is 627. The molecular weight excluding hydrogens is 320 g/mol. The van der Waals surface area contributed by atoms with Gasteiger partial charge in [0, 0.05) is 14.1 Å². The highest BCUT2D eigenvalue weighted by Crippen LogP contribution is 2.26. The Morgan fingerprint density at radius 1 is 1.43 bits per heavy atom. The molecule has 1 aromatic heterocycles. The number of anilines is 1. The summed E-state index contributed by atoms with van der Waals surface area (Å²) in [6, 6.07) is -0.464. The number of aromatic nitrogens is 2. The van der Waals surface area contributed by atoms with Crippen LogP contribution < -0.4 is 10.2 Å². The standard InChI is InChI=1S/C10H16N4O5S2/c1-5-19-7(15)6(2)21(17,18)10-13-12-9(20-10)14(4)8(16)11-3/h6H,5H2,1-4H3,(H,11,16). The largest absolute Gasteiger partial charge is 0.465 e. The molecule has 0 spiro atoms. The zero-order chi connectivity index (χ0) is 16.2. The van der Waals surface area contributed by atoms with Crippen LogP contribution in [0.25, 0.3) is 0 Å². The van der Waals surface area contributed by atoms with Crippen LogP contribution in [-0.4, -0.2) is 56.6 Å². The number of hydrogen-bond donors (Lipinski definition) is 1. The molecule has 9 nitrogen and oxygen atoms in total. The Labute approximate surface area is 126 Å². The molecule has 1 N–H and O–H groups in total. The summed E-state index contributed by atoms with van der Waals surface area (Å²) >= 11 is 0.703. The van der Waals surface area contributed by atoms with Crippen LogP contribution in [0.3, 0.4) is 0 Å². The highest BCUT2D eigenvalue weighted by Gasteiger charge is 2.34. The molecule has 0 radical (unpaired) electrons. The summed E-state index contributed by atoms with van der Waals surface area (Å²) in [5.41, 5.74) is 0. The van der Waals surface area contributed by atoms with Gasteiger partial charge in [0.05, 0.1) is 6.61 Å². The molecule has 0 aliphatic carbocycles. The minimum Gasteiger partial charge on any atom is -0.465 e. The molecule has 0 aromatic carbocycles. The number of hydrogen-bond acceptors (Lipinski definition) is 8. The van der Waals surface area contributed by atoms with Gasteiger partial charge in [0.1, 0.15) is 0 Å². The molecule has 21 heavy (non-hydrogen) atoms. The molecule has 2 amide bonds. The molecular formula is C10H16N4O5S2. The van der Waals surface area contributed by atoms with Gasteiger partial charge in [-0.1, -0.05) is 11.3 Å². The summed E-state index contributed by atoms with van der Waals surface area (Å²) in [6.45, 7) is 2.88. The fourth-order valence-corrected chi connectivity index (χ4v) is 3.68.